The third kappa shape index (κ3) is 2.87. The van der Waals surface area contributed by atoms with Crippen LogP contribution in [-0.2, 0) is 0 Å². The summed E-state index contributed by atoms with van der Waals surface area (Å²) in [6.07, 6.45) is 3.83. The van der Waals surface area contributed by atoms with E-state index in [9.17, 15) is 0 Å². The molecule has 0 aromatic heterocycles. The maximum atomic E-state index is 2.51. The molecule has 0 unspecified atom stereocenters. The lowest BCUT2D eigenvalue weighted by molar-refractivity contribution is 0.236. The van der Waals surface area contributed by atoms with Crippen LogP contribution in [0, 0.1) is 6.54 Å². The summed E-state index contributed by atoms with van der Waals surface area (Å²) in [5.41, 5.74) is 2.76. The Morgan fingerprint density at radius 2 is 1.32 bits per heavy atom. The Labute approximate surface area is 115 Å². The fraction of sp³-hybridized carbons (Fsp3) is 0.278. The van der Waals surface area contributed by atoms with Gasteiger partial charge in [0.2, 0.25) is 0 Å². The lowest BCUT2D eigenvalue weighted by Crippen LogP contribution is -2.31. The van der Waals surface area contributed by atoms with Crippen LogP contribution in [0.1, 0.15) is 36.4 Å². The first kappa shape index (κ1) is 12.4. The molecule has 2 aromatic carbocycles. The van der Waals surface area contributed by atoms with E-state index in [0.717, 1.165) is 6.54 Å². The van der Waals surface area contributed by atoms with Crippen molar-refractivity contribution in [2.24, 2.45) is 0 Å². The highest BCUT2D eigenvalue weighted by Crippen LogP contribution is 2.32. The van der Waals surface area contributed by atoms with E-state index in [2.05, 4.69) is 72.1 Å². The second-order valence-electron chi connectivity index (χ2n) is 5.14. The molecule has 1 nitrogen and oxygen atoms in total. The number of hydrogen-bond donors (Lipinski definition) is 0. The molecule has 0 N–H and O–H groups in total. The molecule has 1 fully saturated rings. The van der Waals surface area contributed by atoms with Gasteiger partial charge in [-0.05, 0) is 30.5 Å². The summed E-state index contributed by atoms with van der Waals surface area (Å²) in [5.74, 6) is 0. The third-order valence-electron chi connectivity index (χ3n) is 3.80. The fourth-order valence-electron chi connectivity index (χ4n) is 2.87. The van der Waals surface area contributed by atoms with Crippen LogP contribution in [0.5, 0.6) is 0 Å². The molecular formula is C18H20N. The zero-order valence-corrected chi connectivity index (χ0v) is 11.2. The number of likely N-dealkylation sites (tertiary alicyclic amines) is 1. The van der Waals surface area contributed by atoms with Crippen molar-refractivity contribution in [1.29, 1.82) is 0 Å². The number of hydrogen-bond acceptors (Lipinski definition) is 1. The van der Waals surface area contributed by atoms with E-state index < -0.39 is 0 Å². The molecule has 97 valence electrons. The Hall–Kier alpha value is -1.60. The smallest absolute Gasteiger partial charge is 0.0604 e. The van der Waals surface area contributed by atoms with E-state index in [0.29, 0.717) is 6.04 Å². The standard InChI is InChI=1S/C18H20N/c1-4-10-16(11-5-1)18(17-12-6-2-7-13-17)19-14-8-3-9-15-19/h1-2,4-7,10-14,18H,3,8-9,15H2. The van der Waals surface area contributed by atoms with Crippen LogP contribution in [0.4, 0.5) is 0 Å². The fourth-order valence-corrected chi connectivity index (χ4v) is 2.87. The van der Waals surface area contributed by atoms with Gasteiger partial charge in [0.25, 0.3) is 0 Å². The molecule has 0 saturated carbocycles. The largest absolute Gasteiger partial charge is 0.288 e. The molecule has 3 rings (SSSR count). The van der Waals surface area contributed by atoms with Crippen molar-refractivity contribution in [1.82, 2.24) is 4.90 Å². The van der Waals surface area contributed by atoms with Gasteiger partial charge in [-0.1, -0.05) is 67.1 Å². The minimum Gasteiger partial charge on any atom is -0.288 e. The van der Waals surface area contributed by atoms with Crippen LogP contribution in [0.2, 0.25) is 0 Å². The van der Waals surface area contributed by atoms with Crippen LogP contribution in [0.3, 0.4) is 0 Å². The Bertz CT molecular complexity index is 446. The summed E-state index contributed by atoms with van der Waals surface area (Å²) in [6, 6.07) is 22.0. The summed E-state index contributed by atoms with van der Waals surface area (Å²) in [4.78, 5) is 2.51. The average molecular weight is 250 g/mol. The number of benzene rings is 2. The van der Waals surface area contributed by atoms with Gasteiger partial charge in [0, 0.05) is 6.54 Å². The molecule has 2 aromatic rings. The third-order valence-corrected chi connectivity index (χ3v) is 3.80. The van der Waals surface area contributed by atoms with Crippen molar-refractivity contribution in [2.75, 3.05) is 6.54 Å². The topological polar surface area (TPSA) is 3.24 Å². The molecule has 0 bridgehead atoms. The van der Waals surface area contributed by atoms with E-state index in [1.165, 1.54) is 30.4 Å². The first-order valence-corrected chi connectivity index (χ1v) is 7.14. The van der Waals surface area contributed by atoms with Crippen LogP contribution in [0.25, 0.3) is 0 Å². The zero-order valence-electron chi connectivity index (χ0n) is 11.2. The van der Waals surface area contributed by atoms with Gasteiger partial charge in [-0.2, -0.15) is 0 Å². The van der Waals surface area contributed by atoms with Gasteiger partial charge in [-0.3, -0.25) is 4.90 Å². The van der Waals surface area contributed by atoms with Crippen LogP contribution >= 0.6 is 0 Å². The molecule has 0 spiro atoms. The van der Waals surface area contributed by atoms with Crippen LogP contribution in [-0.4, -0.2) is 11.4 Å². The lowest BCUT2D eigenvalue weighted by atomic mass is 9.95. The molecular weight excluding hydrogens is 230 g/mol. The molecule has 19 heavy (non-hydrogen) atoms. The zero-order chi connectivity index (χ0) is 12.9. The van der Waals surface area contributed by atoms with Gasteiger partial charge in [-0.15, -0.1) is 0 Å². The van der Waals surface area contributed by atoms with E-state index in [1.807, 2.05) is 0 Å². The van der Waals surface area contributed by atoms with Crippen molar-refractivity contribution in [3.8, 4) is 0 Å². The van der Waals surface area contributed by atoms with Gasteiger partial charge in [0.1, 0.15) is 0 Å². The normalized spacial score (nSPS) is 16.7. The van der Waals surface area contributed by atoms with Crippen LogP contribution < -0.4 is 0 Å². The first-order valence-electron chi connectivity index (χ1n) is 7.14. The maximum Gasteiger partial charge on any atom is 0.0604 e. The summed E-state index contributed by atoms with van der Waals surface area (Å²) >= 11 is 0. The quantitative estimate of drug-likeness (QED) is 0.779. The number of rotatable bonds is 3. The Balaban J connectivity index is 1.96. The van der Waals surface area contributed by atoms with Crippen molar-refractivity contribution >= 4 is 0 Å². The molecule has 0 aliphatic carbocycles. The molecule has 1 heteroatoms. The van der Waals surface area contributed by atoms with Crippen LogP contribution in [0.15, 0.2) is 60.7 Å². The molecule has 1 aliphatic rings. The van der Waals surface area contributed by atoms with E-state index in [1.54, 1.807) is 0 Å². The van der Waals surface area contributed by atoms with E-state index in [-0.39, 0.29) is 0 Å². The van der Waals surface area contributed by atoms with Gasteiger partial charge >= 0.3 is 0 Å². The lowest BCUT2D eigenvalue weighted by Gasteiger charge is -2.34. The predicted octanol–water partition coefficient (Wildman–Crippen LogP) is 4.42. The van der Waals surface area contributed by atoms with Crippen molar-refractivity contribution < 1.29 is 0 Å². The highest BCUT2D eigenvalue weighted by atomic mass is 15.2. The average Bonchev–Trinajstić information content (AvgIpc) is 2.51. The van der Waals surface area contributed by atoms with Crippen molar-refractivity contribution in [3.05, 3.63) is 78.3 Å². The van der Waals surface area contributed by atoms with E-state index in [4.69, 9.17) is 0 Å². The van der Waals surface area contributed by atoms with Crippen molar-refractivity contribution in [3.63, 3.8) is 0 Å². The Kier molecular flexibility index (Phi) is 3.95. The van der Waals surface area contributed by atoms with Gasteiger partial charge in [-0.25, -0.2) is 0 Å². The van der Waals surface area contributed by atoms with Gasteiger partial charge in [0.15, 0.2) is 0 Å². The summed E-state index contributed by atoms with van der Waals surface area (Å²) in [6.45, 7) is 3.54. The summed E-state index contributed by atoms with van der Waals surface area (Å²) in [5, 5.41) is 0. The predicted molar refractivity (Wildman–Crippen MR) is 79.6 cm³/mol. The highest BCUT2D eigenvalue weighted by molar-refractivity contribution is 5.32. The second-order valence-corrected chi connectivity index (χ2v) is 5.14. The summed E-state index contributed by atoms with van der Waals surface area (Å²) in [7, 11) is 0. The maximum absolute atomic E-state index is 2.51. The van der Waals surface area contributed by atoms with Gasteiger partial charge < -0.3 is 0 Å². The Morgan fingerprint density at radius 3 is 1.79 bits per heavy atom. The number of piperidine rings is 1. The monoisotopic (exact) mass is 250 g/mol. The second kappa shape index (κ2) is 6.03. The van der Waals surface area contributed by atoms with Crippen molar-refractivity contribution in [2.45, 2.75) is 25.3 Å². The summed E-state index contributed by atoms with van der Waals surface area (Å²) < 4.78 is 0. The molecule has 1 heterocycles. The Morgan fingerprint density at radius 1 is 0.737 bits per heavy atom. The van der Waals surface area contributed by atoms with E-state index >= 15 is 0 Å². The minimum absolute atomic E-state index is 0.364. The molecule has 0 atom stereocenters. The minimum atomic E-state index is 0.364. The number of nitrogens with zero attached hydrogens (tertiary/aromatic N) is 1. The van der Waals surface area contributed by atoms with Gasteiger partial charge in [0.05, 0.1) is 6.04 Å². The molecule has 1 saturated heterocycles. The molecule has 0 amide bonds. The molecule has 1 aliphatic heterocycles. The SMILES string of the molecule is [CH]1CCCCN1C(c1ccccc1)c1ccccc1. The highest BCUT2D eigenvalue weighted by Gasteiger charge is 2.23. The first-order chi connectivity index (χ1) is 9.45. The molecule has 1 radical (unpaired) electrons.